The zero-order valence-corrected chi connectivity index (χ0v) is 13.7. The fourth-order valence-electron chi connectivity index (χ4n) is 1.61. The van der Waals surface area contributed by atoms with Gasteiger partial charge in [0.25, 0.3) is 0 Å². The van der Waals surface area contributed by atoms with Crippen LogP contribution >= 0.6 is 0 Å². The van der Waals surface area contributed by atoms with Gasteiger partial charge in [0, 0.05) is 26.6 Å². The van der Waals surface area contributed by atoms with E-state index in [0.29, 0.717) is 19.6 Å². The molecule has 2 amide bonds. The summed E-state index contributed by atoms with van der Waals surface area (Å²) in [6, 6.07) is 0. The van der Waals surface area contributed by atoms with Crippen molar-refractivity contribution in [2.45, 2.75) is 39.7 Å². The van der Waals surface area contributed by atoms with Gasteiger partial charge in [-0.3, -0.25) is 4.79 Å². The highest BCUT2D eigenvalue weighted by Gasteiger charge is 2.16. The van der Waals surface area contributed by atoms with E-state index < -0.39 is 11.7 Å². The summed E-state index contributed by atoms with van der Waals surface area (Å²) in [5.74, 6) is 0.0229. The van der Waals surface area contributed by atoms with Gasteiger partial charge < -0.3 is 19.9 Å². The minimum absolute atomic E-state index is 0.0229. The van der Waals surface area contributed by atoms with Gasteiger partial charge in [0.05, 0.1) is 0 Å². The molecule has 0 saturated carbocycles. The molecule has 0 aliphatic carbocycles. The summed E-state index contributed by atoms with van der Waals surface area (Å²) in [5, 5.41) is 2.66. The zero-order valence-electron chi connectivity index (χ0n) is 13.7. The standard InChI is InChI=1S/C14H29N3O3/c1-12(18)17(10-7-9-16(5)6)11-8-15-13(19)20-14(2,3)4/h7-11H2,1-6H3,(H,15,19). The van der Waals surface area contributed by atoms with Gasteiger partial charge in [-0.15, -0.1) is 0 Å². The zero-order chi connectivity index (χ0) is 15.8. The summed E-state index contributed by atoms with van der Waals surface area (Å²) in [6.45, 7) is 9.52. The van der Waals surface area contributed by atoms with Gasteiger partial charge in [-0.05, 0) is 47.8 Å². The van der Waals surface area contributed by atoms with Gasteiger partial charge >= 0.3 is 6.09 Å². The van der Waals surface area contributed by atoms with Crippen molar-refractivity contribution in [3.05, 3.63) is 0 Å². The third kappa shape index (κ3) is 10.6. The number of rotatable bonds is 7. The Bertz CT molecular complexity index is 311. The second-order valence-electron chi connectivity index (χ2n) is 6.09. The first kappa shape index (κ1) is 18.7. The van der Waals surface area contributed by atoms with E-state index in [9.17, 15) is 9.59 Å². The predicted molar refractivity (Wildman–Crippen MR) is 79.7 cm³/mol. The molecule has 0 radical (unpaired) electrons. The van der Waals surface area contributed by atoms with E-state index in [0.717, 1.165) is 13.0 Å². The van der Waals surface area contributed by atoms with Crippen LogP contribution in [0.5, 0.6) is 0 Å². The van der Waals surface area contributed by atoms with E-state index in [1.165, 1.54) is 0 Å². The number of carbonyl (C=O) groups is 2. The molecule has 0 fully saturated rings. The Labute approximate surface area is 122 Å². The molecule has 118 valence electrons. The summed E-state index contributed by atoms with van der Waals surface area (Å²) in [5.41, 5.74) is -0.504. The van der Waals surface area contributed by atoms with E-state index in [4.69, 9.17) is 4.74 Å². The van der Waals surface area contributed by atoms with Crippen molar-refractivity contribution in [3.63, 3.8) is 0 Å². The Morgan fingerprint density at radius 1 is 1.10 bits per heavy atom. The Morgan fingerprint density at radius 3 is 2.15 bits per heavy atom. The maximum atomic E-state index is 11.5. The summed E-state index contributed by atoms with van der Waals surface area (Å²) in [7, 11) is 4.00. The van der Waals surface area contributed by atoms with E-state index in [-0.39, 0.29) is 5.91 Å². The van der Waals surface area contributed by atoms with Gasteiger partial charge in [0.1, 0.15) is 5.60 Å². The molecule has 0 rings (SSSR count). The molecule has 0 aromatic heterocycles. The topological polar surface area (TPSA) is 61.9 Å². The van der Waals surface area contributed by atoms with Gasteiger partial charge in [-0.2, -0.15) is 0 Å². The number of ether oxygens (including phenoxy) is 1. The van der Waals surface area contributed by atoms with Crippen LogP contribution in [-0.4, -0.2) is 67.7 Å². The molecule has 20 heavy (non-hydrogen) atoms. The van der Waals surface area contributed by atoms with Crippen LogP contribution in [-0.2, 0) is 9.53 Å². The second-order valence-corrected chi connectivity index (χ2v) is 6.09. The van der Waals surface area contributed by atoms with Crippen LogP contribution in [0.3, 0.4) is 0 Å². The average molecular weight is 287 g/mol. The lowest BCUT2D eigenvalue weighted by Crippen LogP contribution is -2.40. The third-order valence-corrected chi connectivity index (χ3v) is 2.53. The first-order chi connectivity index (χ1) is 9.11. The number of hydrogen-bond acceptors (Lipinski definition) is 4. The smallest absolute Gasteiger partial charge is 0.407 e. The van der Waals surface area contributed by atoms with Gasteiger partial charge in [-0.25, -0.2) is 4.79 Å². The first-order valence-electron chi connectivity index (χ1n) is 6.99. The Balaban J connectivity index is 3.97. The monoisotopic (exact) mass is 287 g/mol. The SMILES string of the molecule is CC(=O)N(CCCN(C)C)CCNC(=O)OC(C)(C)C. The lowest BCUT2D eigenvalue weighted by Gasteiger charge is -2.23. The molecule has 0 unspecified atom stereocenters. The van der Waals surface area contributed by atoms with E-state index >= 15 is 0 Å². The molecular weight excluding hydrogens is 258 g/mol. The molecule has 0 saturated heterocycles. The number of alkyl carbamates (subject to hydrolysis) is 1. The van der Waals surface area contributed by atoms with Crippen molar-refractivity contribution in [1.82, 2.24) is 15.1 Å². The Hall–Kier alpha value is -1.30. The van der Waals surface area contributed by atoms with Crippen LogP contribution in [0.2, 0.25) is 0 Å². The fraction of sp³-hybridized carbons (Fsp3) is 0.857. The molecule has 0 heterocycles. The van der Waals surface area contributed by atoms with Crippen LogP contribution in [0.25, 0.3) is 0 Å². The molecule has 6 heteroatoms. The quantitative estimate of drug-likeness (QED) is 0.767. The van der Waals surface area contributed by atoms with Crippen molar-refractivity contribution < 1.29 is 14.3 Å². The average Bonchev–Trinajstić information content (AvgIpc) is 2.23. The second kappa shape index (κ2) is 8.79. The van der Waals surface area contributed by atoms with E-state index in [1.54, 1.807) is 11.8 Å². The molecule has 0 aromatic rings. The van der Waals surface area contributed by atoms with Gasteiger partial charge in [-0.1, -0.05) is 0 Å². The highest BCUT2D eigenvalue weighted by Crippen LogP contribution is 2.06. The molecule has 0 aliphatic heterocycles. The van der Waals surface area contributed by atoms with E-state index in [2.05, 4.69) is 10.2 Å². The number of nitrogens with zero attached hydrogens (tertiary/aromatic N) is 2. The highest BCUT2D eigenvalue weighted by molar-refractivity contribution is 5.73. The van der Waals surface area contributed by atoms with Crippen LogP contribution < -0.4 is 5.32 Å². The van der Waals surface area contributed by atoms with Crippen molar-refractivity contribution >= 4 is 12.0 Å². The third-order valence-electron chi connectivity index (χ3n) is 2.53. The van der Waals surface area contributed by atoms with Crippen molar-refractivity contribution in [1.29, 1.82) is 0 Å². The van der Waals surface area contributed by atoms with Crippen molar-refractivity contribution in [3.8, 4) is 0 Å². The maximum absolute atomic E-state index is 11.5. The molecule has 0 aromatic carbocycles. The highest BCUT2D eigenvalue weighted by atomic mass is 16.6. The summed E-state index contributed by atoms with van der Waals surface area (Å²) in [4.78, 5) is 26.8. The summed E-state index contributed by atoms with van der Waals surface area (Å²) < 4.78 is 5.13. The molecule has 0 aliphatic rings. The van der Waals surface area contributed by atoms with Crippen LogP contribution in [0, 0.1) is 0 Å². The molecule has 0 spiro atoms. The lowest BCUT2D eigenvalue weighted by molar-refractivity contribution is -0.128. The molecule has 1 N–H and O–H groups in total. The maximum Gasteiger partial charge on any atom is 0.407 e. The van der Waals surface area contributed by atoms with Crippen LogP contribution in [0.1, 0.15) is 34.1 Å². The van der Waals surface area contributed by atoms with Crippen molar-refractivity contribution in [2.75, 3.05) is 40.3 Å². The number of nitrogens with one attached hydrogen (secondary N) is 1. The molecule has 6 nitrogen and oxygen atoms in total. The summed E-state index contributed by atoms with van der Waals surface area (Å²) in [6.07, 6.45) is 0.466. The van der Waals surface area contributed by atoms with Crippen molar-refractivity contribution in [2.24, 2.45) is 0 Å². The summed E-state index contributed by atoms with van der Waals surface area (Å²) >= 11 is 0. The predicted octanol–water partition coefficient (Wildman–Crippen LogP) is 1.31. The Kier molecular flexibility index (Phi) is 8.22. The number of amides is 2. The normalized spacial score (nSPS) is 11.3. The van der Waals surface area contributed by atoms with Crippen LogP contribution in [0.4, 0.5) is 4.79 Å². The molecule has 0 bridgehead atoms. The minimum Gasteiger partial charge on any atom is -0.444 e. The molecule has 0 atom stereocenters. The Morgan fingerprint density at radius 2 is 1.70 bits per heavy atom. The van der Waals surface area contributed by atoms with Crippen LogP contribution in [0.15, 0.2) is 0 Å². The minimum atomic E-state index is -0.504. The largest absolute Gasteiger partial charge is 0.444 e. The van der Waals surface area contributed by atoms with E-state index in [1.807, 2.05) is 34.9 Å². The fourth-order valence-corrected chi connectivity index (χ4v) is 1.61. The first-order valence-corrected chi connectivity index (χ1v) is 6.99. The van der Waals surface area contributed by atoms with Gasteiger partial charge in [0.2, 0.25) is 5.91 Å². The molecular formula is C14H29N3O3. The van der Waals surface area contributed by atoms with Gasteiger partial charge in [0.15, 0.2) is 0 Å². The lowest BCUT2D eigenvalue weighted by atomic mass is 10.2. The number of hydrogen-bond donors (Lipinski definition) is 1. The number of carbonyl (C=O) groups excluding carboxylic acids is 2.